The summed E-state index contributed by atoms with van der Waals surface area (Å²) in [6, 6.07) is 19.1. The maximum atomic E-state index is 10.8. The standard InChI is InChI=1S/C16H13N2O4P.2C4H11NO/c19-23(20,21)22-16-11-10-15(13-8-4-5-9-14(13)16)18-17-12-6-2-1-3-7-12;2*1-2-5-3-4-6/h1-11H,(H2,19,20,21);2*5-6H,2-4H2,1H3/p-2. The molecular formula is C24H33N4O6P-2. The summed E-state index contributed by atoms with van der Waals surface area (Å²) in [5, 5.41) is 31.6. The van der Waals surface area contributed by atoms with Gasteiger partial charge in [0.1, 0.15) is 13.6 Å². The van der Waals surface area contributed by atoms with Gasteiger partial charge in [0.25, 0.3) is 0 Å². The molecule has 0 heterocycles. The van der Waals surface area contributed by atoms with E-state index in [0.29, 0.717) is 22.1 Å². The first-order valence-corrected chi connectivity index (χ1v) is 12.7. The zero-order valence-electron chi connectivity index (χ0n) is 20.0. The molecule has 0 bridgehead atoms. The fourth-order valence-electron chi connectivity index (χ4n) is 2.66. The molecule has 0 atom stereocenters. The summed E-state index contributed by atoms with van der Waals surface area (Å²) in [5.41, 5.74) is 1.24. The Morgan fingerprint density at radius 2 is 1.34 bits per heavy atom. The van der Waals surface area contributed by atoms with Crippen molar-refractivity contribution in [2.24, 2.45) is 10.2 Å². The number of azo groups is 1. The largest absolute Gasteiger partial charge is 0.780 e. The molecule has 11 heteroatoms. The third-order valence-electron chi connectivity index (χ3n) is 4.18. The maximum Gasteiger partial charge on any atom is 0.132 e. The van der Waals surface area contributed by atoms with Gasteiger partial charge in [0.2, 0.25) is 0 Å². The highest BCUT2D eigenvalue weighted by Gasteiger charge is 2.07. The first kappa shape index (κ1) is 30.3. The summed E-state index contributed by atoms with van der Waals surface area (Å²) in [7, 11) is -5.12. The van der Waals surface area contributed by atoms with Crippen molar-refractivity contribution in [2.45, 2.75) is 13.8 Å². The molecule has 0 aliphatic heterocycles. The molecule has 4 N–H and O–H groups in total. The minimum Gasteiger partial charge on any atom is -0.780 e. The van der Waals surface area contributed by atoms with Crippen molar-refractivity contribution in [3.63, 3.8) is 0 Å². The monoisotopic (exact) mass is 504 g/mol. The molecule has 3 rings (SSSR count). The zero-order valence-corrected chi connectivity index (χ0v) is 20.9. The van der Waals surface area contributed by atoms with Gasteiger partial charge in [-0.2, -0.15) is 5.11 Å². The molecule has 0 aromatic heterocycles. The predicted octanol–water partition coefficient (Wildman–Crippen LogP) is 2.64. The predicted molar refractivity (Wildman–Crippen MR) is 134 cm³/mol. The molecule has 3 aromatic carbocycles. The van der Waals surface area contributed by atoms with Crippen LogP contribution in [0.4, 0.5) is 11.4 Å². The summed E-state index contributed by atoms with van der Waals surface area (Å²) in [5.74, 6) is -0.0207. The van der Waals surface area contributed by atoms with Crippen LogP contribution in [0.1, 0.15) is 13.8 Å². The van der Waals surface area contributed by atoms with Crippen molar-refractivity contribution >= 4 is 30.0 Å². The number of hydrogen-bond donors (Lipinski definition) is 4. The number of rotatable bonds is 10. The molecule has 0 radical (unpaired) electrons. The number of aliphatic hydroxyl groups is 2. The quantitative estimate of drug-likeness (QED) is 0.186. The zero-order chi connectivity index (χ0) is 25.9. The van der Waals surface area contributed by atoms with E-state index in [0.717, 1.165) is 26.2 Å². The van der Waals surface area contributed by atoms with Gasteiger partial charge in [-0.25, -0.2) is 0 Å². The van der Waals surface area contributed by atoms with Gasteiger partial charge < -0.3 is 39.7 Å². The second kappa shape index (κ2) is 17.7. The first-order chi connectivity index (χ1) is 16.9. The average molecular weight is 505 g/mol. The van der Waals surface area contributed by atoms with Crippen LogP contribution in [-0.4, -0.2) is 49.6 Å². The average Bonchev–Trinajstić information content (AvgIpc) is 2.86. The number of phosphoric acid groups is 1. The van der Waals surface area contributed by atoms with Crippen LogP contribution in [-0.2, 0) is 4.57 Å². The van der Waals surface area contributed by atoms with Gasteiger partial charge in [-0.05, 0) is 37.4 Å². The van der Waals surface area contributed by atoms with E-state index in [2.05, 4.69) is 25.4 Å². The van der Waals surface area contributed by atoms with Gasteiger partial charge in [0, 0.05) is 23.9 Å². The molecule has 10 nitrogen and oxygen atoms in total. The minimum absolute atomic E-state index is 0.0207. The highest BCUT2D eigenvalue weighted by atomic mass is 31.2. The SMILES string of the molecule is CCNCCO.CCNCCO.O=P([O-])([O-])Oc1ccc(N=Nc2ccccc2)c2ccccc12. The number of benzene rings is 3. The molecule has 0 spiro atoms. The Balaban J connectivity index is 0.000000425. The number of hydrogen-bond acceptors (Lipinski definition) is 10. The van der Waals surface area contributed by atoms with E-state index in [1.165, 1.54) is 6.07 Å². The second-order valence-electron chi connectivity index (χ2n) is 6.86. The molecular weight excluding hydrogens is 471 g/mol. The summed E-state index contributed by atoms with van der Waals surface area (Å²) >= 11 is 0. The lowest BCUT2D eigenvalue weighted by atomic mass is 10.1. The number of aliphatic hydroxyl groups excluding tert-OH is 2. The van der Waals surface area contributed by atoms with Crippen molar-refractivity contribution < 1.29 is 29.1 Å². The first-order valence-electron chi connectivity index (χ1n) is 11.2. The van der Waals surface area contributed by atoms with Crippen molar-refractivity contribution in [1.82, 2.24) is 10.6 Å². The summed E-state index contributed by atoms with van der Waals surface area (Å²) in [6.07, 6.45) is 0. The molecule has 192 valence electrons. The maximum absolute atomic E-state index is 10.8. The van der Waals surface area contributed by atoms with Crippen LogP contribution < -0.4 is 24.9 Å². The lowest BCUT2D eigenvalue weighted by Crippen LogP contribution is -2.18. The highest BCUT2D eigenvalue weighted by molar-refractivity contribution is 7.43. The smallest absolute Gasteiger partial charge is 0.132 e. The van der Waals surface area contributed by atoms with Gasteiger partial charge in [0.15, 0.2) is 0 Å². The number of fused-ring (bicyclic) bond motifs is 1. The van der Waals surface area contributed by atoms with E-state index < -0.39 is 7.82 Å². The van der Waals surface area contributed by atoms with Gasteiger partial charge >= 0.3 is 0 Å². The number of phosphoric ester groups is 1. The Bertz CT molecular complexity index is 1030. The van der Waals surface area contributed by atoms with Gasteiger partial charge in [0.05, 0.1) is 24.6 Å². The van der Waals surface area contributed by atoms with Crippen molar-refractivity contribution in [1.29, 1.82) is 0 Å². The van der Waals surface area contributed by atoms with Gasteiger partial charge in [-0.1, -0.05) is 56.3 Å². The fourth-order valence-corrected chi connectivity index (χ4v) is 3.06. The Morgan fingerprint density at radius 3 is 1.83 bits per heavy atom. The van der Waals surface area contributed by atoms with Crippen molar-refractivity contribution in [3.8, 4) is 5.75 Å². The van der Waals surface area contributed by atoms with Crippen LogP contribution in [0.3, 0.4) is 0 Å². The van der Waals surface area contributed by atoms with E-state index in [1.807, 2.05) is 44.2 Å². The third kappa shape index (κ3) is 13.1. The normalized spacial score (nSPS) is 10.9. The van der Waals surface area contributed by atoms with Crippen LogP contribution in [0.15, 0.2) is 77.0 Å². The highest BCUT2D eigenvalue weighted by Crippen LogP contribution is 2.38. The lowest BCUT2D eigenvalue weighted by Gasteiger charge is -2.29. The molecule has 0 fully saturated rings. The second-order valence-corrected chi connectivity index (χ2v) is 7.93. The Morgan fingerprint density at radius 1 is 0.800 bits per heavy atom. The topological polar surface area (TPSA) is 162 Å². The Hall–Kier alpha value is -2.69. The number of nitrogens with zero attached hydrogens (tertiary/aromatic N) is 2. The molecule has 0 amide bonds. The van der Waals surface area contributed by atoms with Crippen LogP contribution in [0.2, 0.25) is 0 Å². The molecule has 0 aliphatic carbocycles. The van der Waals surface area contributed by atoms with E-state index in [4.69, 9.17) is 10.2 Å². The molecule has 35 heavy (non-hydrogen) atoms. The van der Waals surface area contributed by atoms with Crippen molar-refractivity contribution in [2.75, 3.05) is 39.4 Å². The summed E-state index contributed by atoms with van der Waals surface area (Å²) in [6.45, 7) is 7.83. The lowest BCUT2D eigenvalue weighted by molar-refractivity contribution is -0.333. The Labute approximate surface area is 205 Å². The molecule has 0 saturated heterocycles. The molecule has 0 unspecified atom stereocenters. The van der Waals surface area contributed by atoms with E-state index in [9.17, 15) is 14.4 Å². The van der Waals surface area contributed by atoms with Crippen molar-refractivity contribution in [3.05, 3.63) is 66.7 Å². The van der Waals surface area contributed by atoms with Gasteiger partial charge in [-0.3, -0.25) is 0 Å². The number of likely N-dealkylation sites (N-methyl/N-ethyl adjacent to an activating group) is 2. The van der Waals surface area contributed by atoms with E-state index in [1.54, 1.807) is 30.3 Å². The number of nitrogens with one attached hydrogen (secondary N) is 2. The third-order valence-corrected chi connectivity index (χ3v) is 4.60. The van der Waals surface area contributed by atoms with E-state index in [-0.39, 0.29) is 19.0 Å². The van der Waals surface area contributed by atoms with Gasteiger partial charge in [-0.15, -0.1) is 5.11 Å². The Kier molecular flexibility index (Phi) is 15.3. The minimum atomic E-state index is -5.12. The molecule has 3 aromatic rings. The van der Waals surface area contributed by atoms with Crippen LogP contribution >= 0.6 is 7.82 Å². The summed E-state index contributed by atoms with van der Waals surface area (Å²) in [4.78, 5) is 21.7. The molecule has 0 saturated carbocycles. The van der Waals surface area contributed by atoms with Crippen LogP contribution in [0.25, 0.3) is 10.8 Å². The fraction of sp³-hybridized carbons (Fsp3) is 0.333. The van der Waals surface area contributed by atoms with Crippen LogP contribution in [0, 0.1) is 0 Å². The molecule has 0 aliphatic rings. The van der Waals surface area contributed by atoms with Crippen LogP contribution in [0.5, 0.6) is 5.75 Å². The summed E-state index contributed by atoms with van der Waals surface area (Å²) < 4.78 is 15.4. The van der Waals surface area contributed by atoms with E-state index >= 15 is 0 Å².